The van der Waals surface area contributed by atoms with E-state index in [9.17, 15) is 9.59 Å². The minimum atomic E-state index is -0.225. The summed E-state index contributed by atoms with van der Waals surface area (Å²) in [4.78, 5) is 20.5. The highest BCUT2D eigenvalue weighted by Gasteiger charge is 2.30. The van der Waals surface area contributed by atoms with Gasteiger partial charge >= 0.3 is 5.97 Å². The average Bonchev–Trinajstić information content (AvgIpc) is 2.79. The van der Waals surface area contributed by atoms with Gasteiger partial charge in [-0.25, -0.2) is 0 Å². The highest BCUT2D eigenvalue weighted by molar-refractivity contribution is 5.75. The van der Waals surface area contributed by atoms with Crippen molar-refractivity contribution < 1.29 is 14.3 Å². The number of esters is 1. The van der Waals surface area contributed by atoms with E-state index < -0.39 is 0 Å². The van der Waals surface area contributed by atoms with Crippen LogP contribution in [0.4, 0.5) is 0 Å². The van der Waals surface area contributed by atoms with E-state index in [2.05, 4.69) is 10.5 Å². The van der Waals surface area contributed by atoms with Gasteiger partial charge in [0.05, 0.1) is 5.92 Å². The molecule has 0 aromatic heterocycles. The normalized spacial score (nSPS) is 14.5. The number of hydrogen-bond donors (Lipinski definition) is 0. The molecule has 1 aliphatic carbocycles. The summed E-state index contributed by atoms with van der Waals surface area (Å²) >= 11 is 0. The zero-order chi connectivity index (χ0) is 8.10. The van der Waals surface area contributed by atoms with Crippen molar-refractivity contribution in [1.82, 2.24) is 0 Å². The lowest BCUT2D eigenvalue weighted by atomic mass is 10.4. The van der Waals surface area contributed by atoms with Gasteiger partial charge in [-0.2, -0.15) is 0 Å². The second-order valence-corrected chi connectivity index (χ2v) is 2.30. The molecule has 0 aromatic carbocycles. The molecular formula is C8H8O3. The standard InChI is InChI=1S/C8H8O3/c9-5-1-2-6-11-8(10)7-3-4-7/h1,5-7H,3-4H2. The van der Waals surface area contributed by atoms with E-state index in [0.29, 0.717) is 6.29 Å². The molecule has 0 atom stereocenters. The van der Waals surface area contributed by atoms with E-state index in [0.717, 1.165) is 25.2 Å². The average molecular weight is 152 g/mol. The summed E-state index contributed by atoms with van der Waals surface area (Å²) < 4.78 is 4.60. The van der Waals surface area contributed by atoms with Crippen molar-refractivity contribution in [2.45, 2.75) is 12.8 Å². The fourth-order valence-corrected chi connectivity index (χ4v) is 0.586. The predicted molar refractivity (Wildman–Crippen MR) is 37.5 cm³/mol. The molecule has 0 radical (unpaired) electrons. The van der Waals surface area contributed by atoms with Gasteiger partial charge in [0.25, 0.3) is 0 Å². The summed E-state index contributed by atoms with van der Waals surface area (Å²) in [6.07, 6.45) is 4.66. The first-order valence-corrected chi connectivity index (χ1v) is 3.40. The first-order valence-electron chi connectivity index (χ1n) is 3.40. The van der Waals surface area contributed by atoms with Gasteiger partial charge in [0, 0.05) is 6.08 Å². The number of hydrogen-bond acceptors (Lipinski definition) is 3. The van der Waals surface area contributed by atoms with Crippen LogP contribution in [0.15, 0.2) is 18.1 Å². The van der Waals surface area contributed by atoms with Gasteiger partial charge in [0.1, 0.15) is 6.26 Å². The van der Waals surface area contributed by atoms with Crippen molar-refractivity contribution in [3.8, 4) is 0 Å². The number of ether oxygens (including phenoxy) is 1. The van der Waals surface area contributed by atoms with E-state index in [1.165, 1.54) is 0 Å². The molecule has 1 rings (SSSR count). The Morgan fingerprint density at radius 1 is 1.55 bits per heavy atom. The summed E-state index contributed by atoms with van der Waals surface area (Å²) in [5.74, 6) is -0.138. The van der Waals surface area contributed by atoms with Gasteiger partial charge in [-0.3, -0.25) is 9.59 Å². The van der Waals surface area contributed by atoms with Crippen LogP contribution >= 0.6 is 0 Å². The first-order chi connectivity index (χ1) is 5.34. The van der Waals surface area contributed by atoms with Crippen LogP contribution in [0.2, 0.25) is 0 Å². The Bertz CT molecular complexity index is 219. The Morgan fingerprint density at radius 2 is 2.27 bits per heavy atom. The number of aldehydes is 1. The molecule has 3 nitrogen and oxygen atoms in total. The summed E-state index contributed by atoms with van der Waals surface area (Å²) in [5, 5.41) is 0. The molecule has 1 aliphatic rings. The molecule has 0 aromatic rings. The highest BCUT2D eigenvalue weighted by atomic mass is 16.5. The second kappa shape index (κ2) is 3.74. The largest absolute Gasteiger partial charge is 0.426 e. The molecule has 0 bridgehead atoms. The molecule has 0 N–H and O–H groups in total. The van der Waals surface area contributed by atoms with Crippen LogP contribution in [0.5, 0.6) is 0 Å². The van der Waals surface area contributed by atoms with Gasteiger partial charge in [0.2, 0.25) is 0 Å². The topological polar surface area (TPSA) is 43.4 Å². The van der Waals surface area contributed by atoms with Gasteiger partial charge in [-0.15, -0.1) is 0 Å². The van der Waals surface area contributed by atoms with Gasteiger partial charge in [0.15, 0.2) is 6.29 Å². The Kier molecular flexibility index (Phi) is 2.64. The molecular weight excluding hydrogens is 144 g/mol. The molecule has 0 unspecified atom stereocenters. The van der Waals surface area contributed by atoms with Crippen LogP contribution in [0, 0.1) is 5.92 Å². The molecule has 11 heavy (non-hydrogen) atoms. The van der Waals surface area contributed by atoms with Crippen LogP contribution in [-0.4, -0.2) is 12.3 Å². The van der Waals surface area contributed by atoms with Crippen molar-refractivity contribution in [2.75, 3.05) is 0 Å². The van der Waals surface area contributed by atoms with E-state index >= 15 is 0 Å². The van der Waals surface area contributed by atoms with Crippen molar-refractivity contribution in [1.29, 1.82) is 0 Å². The third kappa shape index (κ3) is 2.83. The van der Waals surface area contributed by atoms with Crippen molar-refractivity contribution >= 4 is 12.3 Å². The molecule has 0 saturated heterocycles. The quantitative estimate of drug-likeness (QED) is 0.197. The summed E-state index contributed by atoms with van der Waals surface area (Å²) in [6, 6.07) is 0. The van der Waals surface area contributed by atoms with E-state index in [-0.39, 0.29) is 11.9 Å². The van der Waals surface area contributed by atoms with Crippen molar-refractivity contribution in [3.05, 3.63) is 18.1 Å². The molecule has 58 valence electrons. The minimum absolute atomic E-state index is 0.0873. The molecule has 1 saturated carbocycles. The van der Waals surface area contributed by atoms with Crippen molar-refractivity contribution in [2.24, 2.45) is 5.92 Å². The predicted octanol–water partition coefficient (Wildman–Crippen LogP) is 0.807. The molecule has 1 fully saturated rings. The number of carbonyl (C=O) groups excluding carboxylic acids is 2. The maximum atomic E-state index is 10.8. The zero-order valence-electron chi connectivity index (χ0n) is 5.95. The maximum absolute atomic E-state index is 10.8. The van der Waals surface area contributed by atoms with Crippen molar-refractivity contribution in [3.63, 3.8) is 0 Å². The van der Waals surface area contributed by atoms with E-state index in [4.69, 9.17) is 0 Å². The Balaban J connectivity index is 2.24. The number of carbonyl (C=O) groups is 2. The Labute approximate surface area is 64.3 Å². The lowest BCUT2D eigenvalue weighted by Gasteiger charge is -1.90. The van der Waals surface area contributed by atoms with Crippen LogP contribution in [0.3, 0.4) is 0 Å². The van der Waals surface area contributed by atoms with Gasteiger partial charge < -0.3 is 4.74 Å². The third-order valence-corrected chi connectivity index (χ3v) is 1.32. The third-order valence-electron chi connectivity index (χ3n) is 1.32. The number of allylic oxidation sites excluding steroid dienone is 1. The Hall–Kier alpha value is -1.34. The SMILES string of the molecule is O=CC=C=COC(=O)C1CC1. The van der Waals surface area contributed by atoms with Crippen LogP contribution < -0.4 is 0 Å². The van der Waals surface area contributed by atoms with E-state index in [1.807, 2.05) is 0 Å². The monoisotopic (exact) mass is 152 g/mol. The second-order valence-electron chi connectivity index (χ2n) is 2.30. The zero-order valence-corrected chi connectivity index (χ0v) is 5.95. The van der Waals surface area contributed by atoms with Gasteiger partial charge in [-0.05, 0) is 12.8 Å². The summed E-state index contributed by atoms with van der Waals surface area (Å²) in [7, 11) is 0. The number of rotatable bonds is 3. The molecule has 0 heterocycles. The van der Waals surface area contributed by atoms with Crippen LogP contribution in [0.25, 0.3) is 0 Å². The van der Waals surface area contributed by atoms with Gasteiger partial charge in [-0.1, -0.05) is 5.73 Å². The molecule has 0 spiro atoms. The Morgan fingerprint density at radius 3 is 2.82 bits per heavy atom. The molecule has 3 heteroatoms. The lowest BCUT2D eigenvalue weighted by Crippen LogP contribution is -2.00. The summed E-state index contributed by atoms with van der Waals surface area (Å²) in [5.41, 5.74) is 2.39. The van der Waals surface area contributed by atoms with Crippen LogP contribution in [0.1, 0.15) is 12.8 Å². The first kappa shape index (κ1) is 7.76. The minimum Gasteiger partial charge on any atom is -0.426 e. The van der Waals surface area contributed by atoms with E-state index in [1.54, 1.807) is 0 Å². The fourth-order valence-electron chi connectivity index (χ4n) is 0.586. The smallest absolute Gasteiger partial charge is 0.314 e. The highest BCUT2D eigenvalue weighted by Crippen LogP contribution is 2.29. The lowest BCUT2D eigenvalue weighted by molar-refractivity contribution is -0.139. The fraction of sp³-hybridized carbons (Fsp3) is 0.375. The molecule has 0 amide bonds. The maximum Gasteiger partial charge on any atom is 0.314 e. The molecule has 0 aliphatic heterocycles. The van der Waals surface area contributed by atoms with Crippen LogP contribution in [-0.2, 0) is 14.3 Å². The summed E-state index contributed by atoms with van der Waals surface area (Å²) in [6.45, 7) is 0.